The van der Waals surface area contributed by atoms with Crippen LogP contribution in [0.4, 0.5) is 0 Å². The number of methoxy groups -OCH3 is 2. The smallest absolute Gasteiger partial charge is 0.337 e. The van der Waals surface area contributed by atoms with E-state index < -0.39 is 0 Å². The molecule has 3 rings (SSSR count). The molecule has 1 aromatic rings. The topological polar surface area (TPSA) is 35.5 Å². The minimum absolute atomic E-state index is 0.303. The molecule has 2 aliphatic rings. The average Bonchev–Trinajstić information content (AvgIpc) is 3.01. The summed E-state index contributed by atoms with van der Waals surface area (Å²) in [5.41, 5.74) is 7.27. The third-order valence-electron chi connectivity index (χ3n) is 4.33. The lowest BCUT2D eigenvalue weighted by atomic mass is 10.1. The van der Waals surface area contributed by atoms with E-state index in [4.69, 9.17) is 9.47 Å². The first-order chi connectivity index (χ1) is 11.5. The number of carbonyl (C=O) groups is 1. The summed E-state index contributed by atoms with van der Waals surface area (Å²) in [6, 6.07) is 16.1. The molecule has 0 N–H and O–H groups in total. The summed E-state index contributed by atoms with van der Waals surface area (Å²) >= 11 is 0. The zero-order valence-electron chi connectivity index (χ0n) is 14.3. The molecule has 0 aromatic heterocycles. The van der Waals surface area contributed by atoms with Gasteiger partial charge in [0, 0.05) is 0 Å². The van der Waals surface area contributed by atoms with E-state index in [9.17, 15) is 4.79 Å². The van der Waals surface area contributed by atoms with Crippen molar-refractivity contribution in [3.8, 4) is 28.0 Å². The van der Waals surface area contributed by atoms with Crippen molar-refractivity contribution in [3.05, 3.63) is 65.2 Å². The van der Waals surface area contributed by atoms with Gasteiger partial charge in [-0.05, 0) is 71.5 Å². The number of fused-ring (bicyclic) bond motifs is 1. The summed E-state index contributed by atoms with van der Waals surface area (Å²) in [6.45, 7) is 4.13. The second-order valence-electron chi connectivity index (χ2n) is 5.90. The second-order valence-corrected chi connectivity index (χ2v) is 5.90. The maximum absolute atomic E-state index is 11.8. The molecular weight excluding hydrogens is 300 g/mol. The number of esters is 1. The molecule has 24 heavy (non-hydrogen) atoms. The molecule has 0 spiro atoms. The number of hydrogen-bond acceptors (Lipinski definition) is 3. The van der Waals surface area contributed by atoms with Crippen LogP contribution < -0.4 is 4.74 Å². The van der Waals surface area contributed by atoms with Crippen LogP contribution in [0.1, 0.15) is 21.5 Å². The normalized spacial score (nSPS) is 10.7. The molecule has 0 atom stereocenters. The van der Waals surface area contributed by atoms with Gasteiger partial charge >= 0.3 is 5.97 Å². The number of ether oxygens (including phenoxy) is 2. The molecule has 0 saturated heterocycles. The summed E-state index contributed by atoms with van der Waals surface area (Å²) in [4.78, 5) is 11.8. The van der Waals surface area contributed by atoms with E-state index >= 15 is 0 Å². The van der Waals surface area contributed by atoms with Crippen molar-refractivity contribution in [2.75, 3.05) is 14.2 Å². The van der Waals surface area contributed by atoms with Crippen molar-refractivity contribution in [2.45, 2.75) is 13.8 Å². The van der Waals surface area contributed by atoms with Gasteiger partial charge < -0.3 is 9.47 Å². The number of benzene rings is 1. The van der Waals surface area contributed by atoms with Crippen molar-refractivity contribution in [1.82, 2.24) is 0 Å². The molecule has 0 aliphatic heterocycles. The van der Waals surface area contributed by atoms with E-state index in [-0.39, 0.29) is 5.97 Å². The van der Waals surface area contributed by atoms with E-state index in [1.165, 1.54) is 7.11 Å². The number of carbonyl (C=O) groups excluding carboxylic acids is 1. The Bertz CT molecular complexity index is 823. The van der Waals surface area contributed by atoms with E-state index in [2.05, 4.69) is 38.1 Å². The Kier molecular flexibility index (Phi) is 4.26. The number of rotatable bonds is 3. The van der Waals surface area contributed by atoms with Gasteiger partial charge in [0.2, 0.25) is 0 Å². The van der Waals surface area contributed by atoms with Crippen molar-refractivity contribution in [2.24, 2.45) is 0 Å². The van der Waals surface area contributed by atoms with E-state index in [1.807, 2.05) is 24.3 Å². The molecule has 0 fully saturated rings. The highest BCUT2D eigenvalue weighted by atomic mass is 16.5. The van der Waals surface area contributed by atoms with Gasteiger partial charge in [0.25, 0.3) is 0 Å². The van der Waals surface area contributed by atoms with Gasteiger partial charge in [0.15, 0.2) is 0 Å². The monoisotopic (exact) mass is 320 g/mol. The summed E-state index contributed by atoms with van der Waals surface area (Å²) in [5, 5.41) is 0. The molecule has 0 unspecified atom stereocenters. The van der Waals surface area contributed by atoms with Crippen LogP contribution in [0, 0.1) is 13.8 Å². The average molecular weight is 320 g/mol. The van der Waals surface area contributed by atoms with Crippen LogP contribution in [-0.2, 0) is 4.74 Å². The lowest BCUT2D eigenvalue weighted by molar-refractivity contribution is 0.0601. The van der Waals surface area contributed by atoms with Gasteiger partial charge in [-0.1, -0.05) is 24.3 Å². The van der Waals surface area contributed by atoms with Crippen molar-refractivity contribution >= 4 is 5.97 Å². The summed E-state index contributed by atoms with van der Waals surface area (Å²) < 4.78 is 10.1. The molecular formula is C21H20O3. The molecule has 122 valence electrons. The Morgan fingerprint density at radius 3 is 1.79 bits per heavy atom. The van der Waals surface area contributed by atoms with Crippen LogP contribution in [0.25, 0.3) is 22.3 Å². The second kappa shape index (κ2) is 6.36. The molecule has 0 heterocycles. The van der Waals surface area contributed by atoms with Crippen molar-refractivity contribution < 1.29 is 14.3 Å². The quantitative estimate of drug-likeness (QED) is 0.646. The minimum Gasteiger partial charge on any atom is -0.497 e. The standard InChI is InChI=1S/C21H20O3/c1-13-9-16(15-5-7-18(23-3)8-6-15)10-14(2)20-12-17(11-19(13)20)21(22)24-4/h5-12H,1-4H3. The summed E-state index contributed by atoms with van der Waals surface area (Å²) in [7, 11) is 3.07. The highest BCUT2D eigenvalue weighted by molar-refractivity contribution is 5.95. The molecule has 2 aliphatic carbocycles. The van der Waals surface area contributed by atoms with Gasteiger partial charge in [-0.3, -0.25) is 0 Å². The zero-order valence-corrected chi connectivity index (χ0v) is 14.3. The predicted molar refractivity (Wildman–Crippen MR) is 95.9 cm³/mol. The first-order valence-electron chi connectivity index (χ1n) is 7.81. The van der Waals surface area contributed by atoms with Crippen molar-refractivity contribution in [3.63, 3.8) is 0 Å². The summed E-state index contributed by atoms with van der Waals surface area (Å²) in [6.07, 6.45) is 0. The van der Waals surface area contributed by atoms with Crippen LogP contribution in [0.2, 0.25) is 0 Å². The van der Waals surface area contributed by atoms with Gasteiger partial charge in [-0.15, -0.1) is 0 Å². The Balaban J connectivity index is 2.15. The van der Waals surface area contributed by atoms with Crippen LogP contribution in [0.5, 0.6) is 5.75 Å². The SMILES string of the molecule is COC(=O)c1cc2c(C)cc(-c3ccc(OC)cc3)cc(C)c-2c1. The molecule has 0 radical (unpaired) electrons. The Hall–Kier alpha value is -2.81. The summed E-state index contributed by atoms with van der Waals surface area (Å²) in [5.74, 6) is 0.539. The van der Waals surface area contributed by atoms with Crippen LogP contribution in [-0.4, -0.2) is 20.2 Å². The maximum atomic E-state index is 11.8. The lowest BCUT2D eigenvalue weighted by Gasteiger charge is -2.03. The van der Waals surface area contributed by atoms with Gasteiger partial charge in [-0.2, -0.15) is 0 Å². The minimum atomic E-state index is -0.303. The first-order valence-corrected chi connectivity index (χ1v) is 7.81. The van der Waals surface area contributed by atoms with E-state index in [0.717, 1.165) is 39.1 Å². The Morgan fingerprint density at radius 2 is 1.33 bits per heavy atom. The van der Waals surface area contributed by atoms with Crippen molar-refractivity contribution in [1.29, 1.82) is 0 Å². The fourth-order valence-electron chi connectivity index (χ4n) is 3.01. The van der Waals surface area contributed by atoms with Crippen LogP contribution >= 0.6 is 0 Å². The first kappa shape index (κ1) is 16.1. The van der Waals surface area contributed by atoms with Gasteiger partial charge in [0.1, 0.15) is 5.75 Å². The number of hydrogen-bond donors (Lipinski definition) is 0. The highest BCUT2D eigenvalue weighted by Gasteiger charge is 2.16. The third kappa shape index (κ3) is 2.85. The molecule has 3 nitrogen and oxygen atoms in total. The maximum Gasteiger partial charge on any atom is 0.337 e. The van der Waals surface area contributed by atoms with E-state index in [0.29, 0.717) is 5.56 Å². The van der Waals surface area contributed by atoms with Crippen LogP contribution in [0.3, 0.4) is 0 Å². The Labute approximate surface area is 142 Å². The molecule has 0 amide bonds. The van der Waals surface area contributed by atoms with Gasteiger partial charge in [0.05, 0.1) is 19.8 Å². The fraction of sp³-hybridized carbons (Fsp3) is 0.190. The molecule has 3 heteroatoms. The van der Waals surface area contributed by atoms with Gasteiger partial charge in [-0.25, -0.2) is 4.79 Å². The number of aryl methyl sites for hydroxylation is 2. The molecule has 0 bridgehead atoms. The highest BCUT2D eigenvalue weighted by Crippen LogP contribution is 2.35. The lowest BCUT2D eigenvalue weighted by Crippen LogP contribution is -1.97. The predicted octanol–water partition coefficient (Wildman–Crippen LogP) is 4.87. The zero-order chi connectivity index (χ0) is 17.3. The largest absolute Gasteiger partial charge is 0.497 e. The molecule has 1 aromatic carbocycles. The van der Waals surface area contributed by atoms with E-state index in [1.54, 1.807) is 7.11 Å². The Morgan fingerprint density at radius 1 is 0.792 bits per heavy atom. The van der Waals surface area contributed by atoms with Crippen LogP contribution in [0.15, 0.2) is 48.5 Å². The molecule has 0 saturated carbocycles. The fourth-order valence-corrected chi connectivity index (χ4v) is 3.01. The third-order valence-corrected chi connectivity index (χ3v) is 4.33.